The number of carboxylic acid groups (broad SMARTS) is 1. The number of hydrogen-bond acceptors (Lipinski definition) is 1. The molecule has 70 valence electrons. The lowest BCUT2D eigenvalue weighted by molar-refractivity contribution is -0.132. The lowest BCUT2D eigenvalue weighted by Crippen LogP contribution is -2.10. The van der Waals surface area contributed by atoms with Gasteiger partial charge in [-0.15, -0.1) is 0 Å². The lowest BCUT2D eigenvalue weighted by atomic mass is 10.0. The highest BCUT2D eigenvalue weighted by molar-refractivity contribution is 5.85. The van der Waals surface area contributed by atoms with Crippen LogP contribution in [0.4, 0.5) is 4.39 Å². The quantitative estimate of drug-likeness (QED) is 0.664. The number of halogens is 1. The Labute approximate surface area is 72.1 Å². The van der Waals surface area contributed by atoms with Crippen molar-refractivity contribution in [3.63, 3.8) is 0 Å². The molecule has 0 aromatic carbocycles. The largest absolute Gasteiger partial charge is 0.478 e. The van der Waals surface area contributed by atoms with Gasteiger partial charge in [-0.25, -0.2) is 9.18 Å². The van der Waals surface area contributed by atoms with Crippen LogP contribution in [0.2, 0.25) is 0 Å². The van der Waals surface area contributed by atoms with Crippen molar-refractivity contribution in [3.8, 4) is 0 Å². The topological polar surface area (TPSA) is 37.3 Å². The van der Waals surface area contributed by atoms with Crippen LogP contribution in [0.3, 0.4) is 0 Å². The van der Waals surface area contributed by atoms with E-state index in [4.69, 9.17) is 5.11 Å². The number of hydrogen-bond donors (Lipinski definition) is 1. The van der Waals surface area contributed by atoms with E-state index in [1.807, 2.05) is 6.92 Å². The van der Waals surface area contributed by atoms with E-state index in [1.54, 1.807) is 6.92 Å². The Morgan fingerprint density at radius 1 is 1.67 bits per heavy atom. The zero-order chi connectivity index (χ0) is 9.72. The molecular weight excluding hydrogens is 159 g/mol. The van der Waals surface area contributed by atoms with E-state index in [-0.39, 0.29) is 11.5 Å². The van der Waals surface area contributed by atoms with Gasteiger partial charge in [-0.2, -0.15) is 0 Å². The Morgan fingerprint density at radius 2 is 2.17 bits per heavy atom. The molecule has 2 unspecified atom stereocenters. The van der Waals surface area contributed by atoms with Gasteiger partial charge in [0.25, 0.3) is 0 Å². The maximum Gasteiger partial charge on any atom is 0.331 e. The molecule has 1 N–H and O–H groups in total. The van der Waals surface area contributed by atoms with E-state index in [9.17, 15) is 9.18 Å². The average molecular weight is 174 g/mol. The van der Waals surface area contributed by atoms with Gasteiger partial charge in [0, 0.05) is 5.57 Å². The smallest absolute Gasteiger partial charge is 0.331 e. The van der Waals surface area contributed by atoms with Crippen LogP contribution in [0, 0.1) is 5.92 Å². The van der Waals surface area contributed by atoms with Crippen LogP contribution in [0.15, 0.2) is 11.6 Å². The number of allylic oxidation sites excluding steroid dienone is 1. The van der Waals surface area contributed by atoms with E-state index in [2.05, 4.69) is 0 Å². The van der Waals surface area contributed by atoms with E-state index >= 15 is 0 Å². The van der Waals surface area contributed by atoms with Crippen LogP contribution in [0.25, 0.3) is 0 Å². The molecule has 0 fully saturated rings. The van der Waals surface area contributed by atoms with Crippen molar-refractivity contribution >= 4 is 5.97 Å². The van der Waals surface area contributed by atoms with Gasteiger partial charge in [0.15, 0.2) is 0 Å². The highest BCUT2D eigenvalue weighted by Gasteiger charge is 2.13. The van der Waals surface area contributed by atoms with Gasteiger partial charge in [0.2, 0.25) is 0 Å². The first kappa shape index (κ1) is 11.1. The normalized spacial score (nSPS) is 17.2. The maximum absolute atomic E-state index is 13.1. The highest BCUT2D eigenvalue weighted by atomic mass is 19.1. The highest BCUT2D eigenvalue weighted by Crippen LogP contribution is 2.14. The van der Waals surface area contributed by atoms with Crippen LogP contribution >= 0.6 is 0 Å². The Balaban J connectivity index is 4.22. The Hall–Kier alpha value is -0.860. The van der Waals surface area contributed by atoms with Crippen molar-refractivity contribution in [2.24, 2.45) is 5.92 Å². The summed E-state index contributed by atoms with van der Waals surface area (Å²) in [4.78, 5) is 10.3. The molecule has 0 saturated carbocycles. The first-order chi connectivity index (χ1) is 5.49. The van der Waals surface area contributed by atoms with Crippen molar-refractivity contribution < 1.29 is 14.3 Å². The summed E-state index contributed by atoms with van der Waals surface area (Å²) >= 11 is 0. The molecular formula is C9H15FO2. The SMILES string of the molecule is CCC(C)C(F)/C=C(\C)C(=O)O. The third kappa shape index (κ3) is 3.51. The van der Waals surface area contributed by atoms with E-state index in [0.29, 0.717) is 6.42 Å². The Bertz CT molecular complexity index is 187. The predicted octanol–water partition coefficient (Wildman–Crippen LogP) is 2.40. The molecule has 0 aromatic heterocycles. The molecule has 0 amide bonds. The number of alkyl halides is 1. The van der Waals surface area contributed by atoms with Crippen molar-refractivity contribution in [2.75, 3.05) is 0 Å². The monoisotopic (exact) mass is 174 g/mol. The second-order valence-electron chi connectivity index (χ2n) is 2.98. The van der Waals surface area contributed by atoms with Gasteiger partial charge in [-0.05, 0) is 18.9 Å². The first-order valence-electron chi connectivity index (χ1n) is 4.04. The van der Waals surface area contributed by atoms with Gasteiger partial charge in [-0.3, -0.25) is 0 Å². The zero-order valence-electron chi connectivity index (χ0n) is 7.67. The second kappa shape index (κ2) is 4.91. The van der Waals surface area contributed by atoms with Crippen LogP contribution in [-0.4, -0.2) is 17.2 Å². The minimum Gasteiger partial charge on any atom is -0.478 e. The van der Waals surface area contributed by atoms with Crippen molar-refractivity contribution in [1.29, 1.82) is 0 Å². The number of rotatable bonds is 4. The summed E-state index contributed by atoms with van der Waals surface area (Å²) in [6.45, 7) is 5.04. The average Bonchev–Trinajstić information content (AvgIpc) is 2.02. The van der Waals surface area contributed by atoms with Crippen molar-refractivity contribution in [2.45, 2.75) is 33.4 Å². The van der Waals surface area contributed by atoms with Crippen LogP contribution in [-0.2, 0) is 4.79 Å². The molecule has 0 heterocycles. The Morgan fingerprint density at radius 3 is 2.50 bits per heavy atom. The standard InChI is InChI=1S/C9H15FO2/c1-4-6(2)8(10)5-7(3)9(11)12/h5-6,8H,4H2,1-3H3,(H,11,12)/b7-5+. The summed E-state index contributed by atoms with van der Waals surface area (Å²) in [5.74, 6) is -1.17. The predicted molar refractivity (Wildman–Crippen MR) is 45.7 cm³/mol. The fraction of sp³-hybridized carbons (Fsp3) is 0.667. The number of carboxylic acids is 1. The fourth-order valence-electron chi connectivity index (χ4n) is 0.700. The third-order valence-corrected chi connectivity index (χ3v) is 1.93. The van der Waals surface area contributed by atoms with Gasteiger partial charge in [0.1, 0.15) is 6.17 Å². The lowest BCUT2D eigenvalue weighted by Gasteiger charge is -2.10. The van der Waals surface area contributed by atoms with Gasteiger partial charge in [-0.1, -0.05) is 20.3 Å². The van der Waals surface area contributed by atoms with Crippen LogP contribution < -0.4 is 0 Å². The summed E-state index contributed by atoms with van der Waals surface area (Å²) in [5, 5.41) is 8.45. The molecule has 0 saturated heterocycles. The van der Waals surface area contributed by atoms with E-state index in [1.165, 1.54) is 6.92 Å². The van der Waals surface area contributed by atoms with Gasteiger partial charge >= 0.3 is 5.97 Å². The zero-order valence-corrected chi connectivity index (χ0v) is 7.67. The molecule has 0 spiro atoms. The molecule has 12 heavy (non-hydrogen) atoms. The number of aliphatic carboxylic acids is 1. The summed E-state index contributed by atoms with van der Waals surface area (Å²) in [5.41, 5.74) is 0.0720. The molecule has 2 atom stereocenters. The summed E-state index contributed by atoms with van der Waals surface area (Å²) in [6, 6.07) is 0. The number of carbonyl (C=O) groups is 1. The molecule has 0 bridgehead atoms. The van der Waals surface area contributed by atoms with Crippen molar-refractivity contribution in [3.05, 3.63) is 11.6 Å². The molecule has 0 rings (SSSR count). The molecule has 2 nitrogen and oxygen atoms in total. The minimum atomic E-state index is -1.15. The molecule has 0 aliphatic rings. The minimum absolute atomic E-state index is 0.0720. The van der Waals surface area contributed by atoms with Crippen LogP contribution in [0.5, 0.6) is 0 Å². The molecule has 0 aliphatic carbocycles. The first-order valence-corrected chi connectivity index (χ1v) is 4.04. The maximum atomic E-state index is 13.1. The van der Waals surface area contributed by atoms with Gasteiger partial charge < -0.3 is 5.11 Å². The molecule has 0 radical (unpaired) electrons. The summed E-state index contributed by atoms with van der Waals surface area (Å²) in [6.07, 6.45) is 0.729. The van der Waals surface area contributed by atoms with Crippen LogP contribution in [0.1, 0.15) is 27.2 Å². The molecule has 3 heteroatoms. The summed E-state index contributed by atoms with van der Waals surface area (Å²) < 4.78 is 13.1. The third-order valence-electron chi connectivity index (χ3n) is 1.93. The van der Waals surface area contributed by atoms with Gasteiger partial charge in [0.05, 0.1) is 0 Å². The summed E-state index contributed by atoms with van der Waals surface area (Å²) in [7, 11) is 0. The van der Waals surface area contributed by atoms with E-state index < -0.39 is 12.1 Å². The van der Waals surface area contributed by atoms with Crippen molar-refractivity contribution in [1.82, 2.24) is 0 Å². The molecule has 0 aromatic rings. The second-order valence-corrected chi connectivity index (χ2v) is 2.98. The fourth-order valence-corrected chi connectivity index (χ4v) is 0.700. The van der Waals surface area contributed by atoms with E-state index in [0.717, 1.165) is 6.08 Å². The molecule has 0 aliphatic heterocycles. The Kier molecular flexibility index (Phi) is 4.55.